The standard InChI is InChI=1S/C14H18F2O4/c1-9(6-13(17)18)8-14(15,16)11-7-10(19-2)4-5-12(11)20-3/h4-5,7,9H,6,8H2,1-3H3,(H,17,18). The van der Waals surface area contributed by atoms with Gasteiger partial charge in [-0.25, -0.2) is 8.78 Å². The molecule has 0 saturated carbocycles. The molecule has 0 saturated heterocycles. The predicted molar refractivity (Wildman–Crippen MR) is 69.5 cm³/mol. The molecule has 6 heteroatoms. The number of ether oxygens (including phenoxy) is 2. The summed E-state index contributed by atoms with van der Waals surface area (Å²) in [5, 5.41) is 8.64. The molecule has 1 aromatic rings. The second-order valence-corrected chi connectivity index (χ2v) is 4.68. The Morgan fingerprint density at radius 3 is 2.50 bits per heavy atom. The van der Waals surface area contributed by atoms with Crippen LogP contribution in [0.1, 0.15) is 25.3 Å². The smallest absolute Gasteiger partial charge is 0.303 e. The number of alkyl halides is 2. The molecule has 0 heterocycles. The molecule has 1 atom stereocenters. The Kier molecular flexibility index (Phi) is 5.30. The Bertz CT molecular complexity index is 474. The van der Waals surface area contributed by atoms with E-state index in [9.17, 15) is 13.6 Å². The lowest BCUT2D eigenvalue weighted by molar-refractivity contribution is -0.138. The highest BCUT2D eigenvalue weighted by Crippen LogP contribution is 2.41. The van der Waals surface area contributed by atoms with Crippen molar-refractivity contribution in [3.63, 3.8) is 0 Å². The molecule has 0 bridgehead atoms. The van der Waals surface area contributed by atoms with Crippen LogP contribution in [-0.4, -0.2) is 25.3 Å². The molecule has 1 rings (SSSR count). The molecule has 0 spiro atoms. The summed E-state index contributed by atoms with van der Waals surface area (Å²) in [7, 11) is 2.69. The van der Waals surface area contributed by atoms with Crippen molar-refractivity contribution in [1.82, 2.24) is 0 Å². The van der Waals surface area contributed by atoms with Gasteiger partial charge in [0.1, 0.15) is 11.5 Å². The number of benzene rings is 1. The lowest BCUT2D eigenvalue weighted by atomic mass is 9.94. The van der Waals surface area contributed by atoms with Gasteiger partial charge < -0.3 is 14.6 Å². The summed E-state index contributed by atoms with van der Waals surface area (Å²) < 4.78 is 38.5. The van der Waals surface area contributed by atoms with E-state index in [2.05, 4.69) is 0 Å². The molecule has 0 aliphatic heterocycles. The number of carbonyl (C=O) groups is 1. The second-order valence-electron chi connectivity index (χ2n) is 4.68. The number of methoxy groups -OCH3 is 2. The first-order valence-corrected chi connectivity index (χ1v) is 6.12. The summed E-state index contributed by atoms with van der Waals surface area (Å²) in [5.41, 5.74) is -0.295. The molecule has 0 aliphatic rings. The van der Waals surface area contributed by atoms with E-state index >= 15 is 0 Å². The lowest BCUT2D eigenvalue weighted by Crippen LogP contribution is -2.20. The van der Waals surface area contributed by atoms with Gasteiger partial charge in [0.25, 0.3) is 5.92 Å². The Labute approximate surface area is 116 Å². The predicted octanol–water partition coefficient (Wildman–Crippen LogP) is 3.30. The molecule has 0 amide bonds. The minimum atomic E-state index is -3.19. The minimum Gasteiger partial charge on any atom is -0.497 e. The molecule has 0 aromatic heterocycles. The van der Waals surface area contributed by atoms with Crippen LogP contribution in [0.5, 0.6) is 11.5 Å². The van der Waals surface area contributed by atoms with Crippen molar-refractivity contribution in [3.8, 4) is 11.5 Å². The molecule has 20 heavy (non-hydrogen) atoms. The van der Waals surface area contributed by atoms with Gasteiger partial charge in [-0.2, -0.15) is 0 Å². The van der Waals surface area contributed by atoms with Crippen LogP contribution in [0, 0.1) is 5.92 Å². The zero-order valence-electron chi connectivity index (χ0n) is 11.7. The Morgan fingerprint density at radius 2 is 2.00 bits per heavy atom. The van der Waals surface area contributed by atoms with Crippen molar-refractivity contribution < 1.29 is 28.2 Å². The maximum absolute atomic E-state index is 14.3. The van der Waals surface area contributed by atoms with Gasteiger partial charge in [0.05, 0.1) is 19.8 Å². The van der Waals surface area contributed by atoms with Crippen LogP contribution < -0.4 is 9.47 Å². The van der Waals surface area contributed by atoms with E-state index in [1.54, 1.807) is 0 Å². The number of hydrogen-bond donors (Lipinski definition) is 1. The molecule has 4 nitrogen and oxygen atoms in total. The summed E-state index contributed by atoms with van der Waals surface area (Å²) in [5.74, 6) is -4.58. The topological polar surface area (TPSA) is 55.8 Å². The first kappa shape index (κ1) is 16.2. The minimum absolute atomic E-state index is 0.0540. The highest BCUT2D eigenvalue weighted by Gasteiger charge is 2.37. The third-order valence-electron chi connectivity index (χ3n) is 2.93. The summed E-state index contributed by atoms with van der Waals surface area (Å²) in [6.07, 6.45) is -0.870. The number of aliphatic carboxylic acids is 1. The average Bonchev–Trinajstić information content (AvgIpc) is 2.36. The number of carboxylic acids is 1. The quantitative estimate of drug-likeness (QED) is 0.836. The van der Waals surface area contributed by atoms with Crippen LogP contribution in [0.3, 0.4) is 0 Å². The second kappa shape index (κ2) is 6.54. The summed E-state index contributed by atoms with van der Waals surface area (Å²) in [4.78, 5) is 10.6. The Morgan fingerprint density at radius 1 is 1.35 bits per heavy atom. The SMILES string of the molecule is COc1ccc(OC)c(C(F)(F)CC(C)CC(=O)O)c1. The van der Waals surface area contributed by atoms with Crippen LogP contribution >= 0.6 is 0 Å². The maximum atomic E-state index is 14.3. The molecule has 1 aromatic carbocycles. The van der Waals surface area contributed by atoms with Crippen LogP contribution in [-0.2, 0) is 10.7 Å². The van der Waals surface area contributed by atoms with Crippen LogP contribution in [0.4, 0.5) is 8.78 Å². The molecule has 112 valence electrons. The summed E-state index contributed by atoms with van der Waals surface area (Å²) in [6.45, 7) is 1.48. The zero-order chi connectivity index (χ0) is 15.3. The monoisotopic (exact) mass is 288 g/mol. The molecule has 0 radical (unpaired) electrons. The number of rotatable bonds is 7. The highest BCUT2D eigenvalue weighted by atomic mass is 19.3. The van der Waals surface area contributed by atoms with Gasteiger partial charge >= 0.3 is 5.97 Å². The van der Waals surface area contributed by atoms with Gasteiger partial charge in [-0.15, -0.1) is 0 Å². The van der Waals surface area contributed by atoms with Crippen LogP contribution in [0.25, 0.3) is 0 Å². The van der Waals surface area contributed by atoms with Gasteiger partial charge in [0, 0.05) is 12.8 Å². The zero-order valence-corrected chi connectivity index (χ0v) is 11.7. The van der Waals surface area contributed by atoms with E-state index in [0.29, 0.717) is 5.75 Å². The third kappa shape index (κ3) is 4.08. The molecule has 0 aliphatic carbocycles. The number of carboxylic acid groups (broad SMARTS) is 1. The van der Waals surface area contributed by atoms with E-state index in [1.807, 2.05) is 0 Å². The molecular formula is C14H18F2O4. The fourth-order valence-corrected chi connectivity index (χ4v) is 2.02. The van der Waals surface area contributed by atoms with Crippen molar-refractivity contribution in [3.05, 3.63) is 23.8 Å². The van der Waals surface area contributed by atoms with Gasteiger partial charge in [-0.3, -0.25) is 4.79 Å². The maximum Gasteiger partial charge on any atom is 0.303 e. The normalized spacial score (nSPS) is 12.8. The van der Waals surface area contributed by atoms with E-state index in [1.165, 1.54) is 39.3 Å². The van der Waals surface area contributed by atoms with Crippen molar-refractivity contribution in [2.24, 2.45) is 5.92 Å². The first-order valence-electron chi connectivity index (χ1n) is 6.12. The van der Waals surface area contributed by atoms with Gasteiger partial charge in [0.2, 0.25) is 0 Å². The van der Waals surface area contributed by atoms with Crippen LogP contribution in [0.2, 0.25) is 0 Å². The molecule has 1 N–H and O–H groups in total. The average molecular weight is 288 g/mol. The number of halogens is 2. The van der Waals surface area contributed by atoms with E-state index in [-0.39, 0.29) is 17.7 Å². The van der Waals surface area contributed by atoms with E-state index < -0.39 is 24.2 Å². The highest BCUT2D eigenvalue weighted by molar-refractivity contribution is 5.66. The van der Waals surface area contributed by atoms with Gasteiger partial charge in [-0.1, -0.05) is 6.92 Å². The fourth-order valence-electron chi connectivity index (χ4n) is 2.02. The van der Waals surface area contributed by atoms with Crippen LogP contribution in [0.15, 0.2) is 18.2 Å². The first-order chi connectivity index (χ1) is 9.30. The molecular weight excluding hydrogens is 270 g/mol. The third-order valence-corrected chi connectivity index (χ3v) is 2.93. The largest absolute Gasteiger partial charge is 0.497 e. The van der Waals surface area contributed by atoms with E-state index in [4.69, 9.17) is 14.6 Å². The van der Waals surface area contributed by atoms with Gasteiger partial charge in [0.15, 0.2) is 0 Å². The lowest BCUT2D eigenvalue weighted by Gasteiger charge is -2.22. The van der Waals surface area contributed by atoms with Crippen molar-refractivity contribution in [2.45, 2.75) is 25.7 Å². The summed E-state index contributed by atoms with van der Waals surface area (Å²) >= 11 is 0. The van der Waals surface area contributed by atoms with Crippen molar-refractivity contribution in [2.75, 3.05) is 14.2 Å². The molecule has 1 unspecified atom stereocenters. The van der Waals surface area contributed by atoms with Crippen molar-refractivity contribution >= 4 is 5.97 Å². The van der Waals surface area contributed by atoms with Crippen molar-refractivity contribution in [1.29, 1.82) is 0 Å². The van der Waals surface area contributed by atoms with E-state index in [0.717, 1.165) is 0 Å². The van der Waals surface area contributed by atoms with Gasteiger partial charge in [-0.05, 0) is 24.1 Å². The molecule has 0 fully saturated rings. The Hall–Kier alpha value is -1.85. The summed E-state index contributed by atoms with van der Waals surface area (Å²) in [6, 6.07) is 4.15. The number of hydrogen-bond acceptors (Lipinski definition) is 3. The fraction of sp³-hybridized carbons (Fsp3) is 0.500. The Balaban J connectivity index is 3.03.